The van der Waals surface area contributed by atoms with E-state index in [1.54, 1.807) is 11.8 Å². The van der Waals surface area contributed by atoms with E-state index in [9.17, 15) is 9.59 Å². The number of anilines is 1. The molecule has 1 heterocycles. The summed E-state index contributed by atoms with van der Waals surface area (Å²) in [5.74, 6) is 0.752. The third kappa shape index (κ3) is 4.43. The minimum atomic E-state index is -1.21. The Kier molecular flexibility index (Phi) is 5.61. The highest BCUT2D eigenvalue weighted by atomic mass is 35.5. The Morgan fingerprint density at radius 3 is 2.71 bits per heavy atom. The number of hydrogen-bond donors (Lipinski definition) is 3. The summed E-state index contributed by atoms with van der Waals surface area (Å²) in [6, 6.07) is 2.26. The molecule has 5 nitrogen and oxygen atoms in total. The Morgan fingerprint density at radius 1 is 1.33 bits per heavy atom. The average Bonchev–Trinajstić information content (AvgIpc) is 2.42. The highest BCUT2D eigenvalue weighted by molar-refractivity contribution is 7.99. The van der Waals surface area contributed by atoms with Crippen LogP contribution in [0.1, 0.15) is 23.2 Å². The molecule has 1 aliphatic heterocycles. The maximum atomic E-state index is 12.0. The molecule has 1 fully saturated rings. The quantitative estimate of drug-likeness (QED) is 0.777. The van der Waals surface area contributed by atoms with Crippen LogP contribution in [0.4, 0.5) is 10.5 Å². The summed E-state index contributed by atoms with van der Waals surface area (Å²) in [5.41, 5.74) is -0.0878. The second-order valence-corrected chi connectivity index (χ2v) is 6.62. The van der Waals surface area contributed by atoms with E-state index in [1.165, 1.54) is 12.1 Å². The zero-order valence-corrected chi connectivity index (χ0v) is 13.3. The Hall–Kier alpha value is -1.11. The van der Waals surface area contributed by atoms with Crippen LogP contribution in [0, 0.1) is 0 Å². The van der Waals surface area contributed by atoms with Gasteiger partial charge in [0.2, 0.25) is 0 Å². The molecule has 1 aromatic rings. The van der Waals surface area contributed by atoms with Gasteiger partial charge in [-0.1, -0.05) is 23.2 Å². The summed E-state index contributed by atoms with van der Waals surface area (Å²) in [7, 11) is 0. The molecular weight excluding hydrogens is 335 g/mol. The van der Waals surface area contributed by atoms with Crippen molar-refractivity contribution in [3.8, 4) is 0 Å². The van der Waals surface area contributed by atoms with Crippen LogP contribution in [0.2, 0.25) is 10.0 Å². The van der Waals surface area contributed by atoms with Gasteiger partial charge in [-0.2, -0.15) is 11.8 Å². The van der Waals surface area contributed by atoms with Gasteiger partial charge >= 0.3 is 12.0 Å². The van der Waals surface area contributed by atoms with Gasteiger partial charge < -0.3 is 15.7 Å². The fourth-order valence-electron chi connectivity index (χ4n) is 2.06. The van der Waals surface area contributed by atoms with E-state index in [4.69, 9.17) is 28.3 Å². The smallest absolute Gasteiger partial charge is 0.337 e. The van der Waals surface area contributed by atoms with Crippen molar-refractivity contribution in [2.75, 3.05) is 16.8 Å². The van der Waals surface area contributed by atoms with Gasteiger partial charge in [-0.3, -0.25) is 0 Å². The Morgan fingerprint density at radius 2 is 2.10 bits per heavy atom. The molecule has 1 atom stereocenters. The summed E-state index contributed by atoms with van der Waals surface area (Å²) >= 11 is 13.5. The number of carboxylic acids is 1. The zero-order chi connectivity index (χ0) is 15.4. The molecule has 2 amide bonds. The number of carbonyl (C=O) groups is 2. The zero-order valence-electron chi connectivity index (χ0n) is 11.0. The number of hydrogen-bond acceptors (Lipinski definition) is 3. The van der Waals surface area contributed by atoms with E-state index in [0.29, 0.717) is 0 Å². The van der Waals surface area contributed by atoms with Crippen molar-refractivity contribution < 1.29 is 14.7 Å². The number of halogens is 2. The van der Waals surface area contributed by atoms with E-state index in [0.717, 1.165) is 24.3 Å². The van der Waals surface area contributed by atoms with Crippen molar-refractivity contribution in [3.63, 3.8) is 0 Å². The third-order valence-corrected chi connectivity index (χ3v) is 4.75. The summed E-state index contributed by atoms with van der Waals surface area (Å²) in [5, 5.41) is 14.8. The molecule has 1 aromatic carbocycles. The fourth-order valence-corrected chi connectivity index (χ4v) is 3.67. The van der Waals surface area contributed by atoms with Crippen molar-refractivity contribution >= 4 is 52.7 Å². The van der Waals surface area contributed by atoms with Crippen LogP contribution in [0.5, 0.6) is 0 Å². The van der Waals surface area contributed by atoms with E-state index in [1.807, 2.05) is 0 Å². The molecule has 3 N–H and O–H groups in total. The lowest BCUT2D eigenvalue weighted by Gasteiger charge is -2.23. The minimum Gasteiger partial charge on any atom is -0.478 e. The van der Waals surface area contributed by atoms with Crippen LogP contribution in [0.25, 0.3) is 0 Å². The molecule has 0 radical (unpaired) electrons. The van der Waals surface area contributed by atoms with Crippen molar-refractivity contribution in [2.45, 2.75) is 18.9 Å². The fraction of sp³-hybridized carbons (Fsp3) is 0.385. The minimum absolute atomic E-state index is 0.0505. The van der Waals surface area contributed by atoms with E-state index < -0.39 is 12.0 Å². The van der Waals surface area contributed by atoms with Crippen LogP contribution >= 0.6 is 35.0 Å². The molecule has 21 heavy (non-hydrogen) atoms. The summed E-state index contributed by atoms with van der Waals surface area (Å²) in [6.45, 7) is 0. The highest BCUT2D eigenvalue weighted by Gasteiger charge is 2.20. The summed E-state index contributed by atoms with van der Waals surface area (Å²) < 4.78 is 0. The maximum Gasteiger partial charge on any atom is 0.337 e. The first kappa shape index (κ1) is 16.3. The van der Waals surface area contributed by atoms with E-state index in [-0.39, 0.29) is 27.3 Å². The number of nitrogens with one attached hydrogen (secondary N) is 2. The number of benzene rings is 1. The highest BCUT2D eigenvalue weighted by Crippen LogP contribution is 2.30. The lowest BCUT2D eigenvalue weighted by molar-refractivity contribution is 0.0698. The molecule has 114 valence electrons. The van der Waals surface area contributed by atoms with Crippen molar-refractivity contribution in [1.29, 1.82) is 0 Å². The molecule has 1 aliphatic rings. The number of rotatable bonds is 3. The molecule has 2 rings (SSSR count). The second-order valence-electron chi connectivity index (χ2n) is 4.63. The molecule has 0 aromatic heterocycles. The Bertz CT molecular complexity index is 563. The largest absolute Gasteiger partial charge is 0.478 e. The predicted octanol–water partition coefficient (Wildman–Crippen LogP) is 3.71. The third-order valence-electron chi connectivity index (χ3n) is 3.02. The molecule has 1 saturated heterocycles. The standard InChI is InChI=1S/C13H14Cl2N2O3S/c14-7-4-9(12(18)19)11(10(15)5-7)17-13(20)16-8-2-1-3-21-6-8/h4-5,8H,1-3,6H2,(H,18,19)(H2,16,17,20). The Labute approximate surface area is 136 Å². The number of thioether (sulfide) groups is 1. The van der Waals surface area contributed by atoms with Crippen LogP contribution in [-0.2, 0) is 0 Å². The summed E-state index contributed by atoms with van der Waals surface area (Å²) in [6.07, 6.45) is 1.97. The van der Waals surface area contributed by atoms with Crippen molar-refractivity contribution in [2.24, 2.45) is 0 Å². The topological polar surface area (TPSA) is 78.4 Å². The number of amides is 2. The molecule has 0 aliphatic carbocycles. The number of urea groups is 1. The Balaban J connectivity index is 2.11. The van der Waals surface area contributed by atoms with Gasteiger partial charge in [0.15, 0.2) is 0 Å². The average molecular weight is 349 g/mol. The van der Waals surface area contributed by atoms with Crippen LogP contribution < -0.4 is 10.6 Å². The number of carboxylic acid groups (broad SMARTS) is 1. The van der Waals surface area contributed by atoms with E-state index >= 15 is 0 Å². The molecule has 0 spiro atoms. The first-order valence-electron chi connectivity index (χ1n) is 6.35. The lowest BCUT2D eigenvalue weighted by Crippen LogP contribution is -2.41. The number of carbonyl (C=O) groups excluding carboxylic acids is 1. The SMILES string of the molecule is O=C(Nc1c(Cl)cc(Cl)cc1C(=O)O)NC1CCCSC1. The van der Waals surface area contributed by atoms with Gasteiger partial charge in [-0.15, -0.1) is 0 Å². The second kappa shape index (κ2) is 7.24. The lowest BCUT2D eigenvalue weighted by atomic mass is 10.1. The van der Waals surface area contributed by atoms with E-state index in [2.05, 4.69) is 10.6 Å². The molecular formula is C13H14Cl2N2O3S. The van der Waals surface area contributed by atoms with Gasteiger partial charge in [-0.25, -0.2) is 9.59 Å². The maximum absolute atomic E-state index is 12.0. The predicted molar refractivity (Wildman–Crippen MR) is 85.9 cm³/mol. The van der Waals surface area contributed by atoms with Crippen LogP contribution in [0.3, 0.4) is 0 Å². The normalized spacial score (nSPS) is 18.1. The van der Waals surface area contributed by atoms with Gasteiger partial charge in [0.25, 0.3) is 0 Å². The molecule has 1 unspecified atom stereocenters. The first-order valence-corrected chi connectivity index (χ1v) is 8.26. The number of aromatic carboxylic acids is 1. The monoisotopic (exact) mass is 348 g/mol. The summed E-state index contributed by atoms with van der Waals surface area (Å²) in [4.78, 5) is 23.2. The van der Waals surface area contributed by atoms with Crippen molar-refractivity contribution in [1.82, 2.24) is 5.32 Å². The van der Waals surface area contributed by atoms with Gasteiger partial charge in [-0.05, 0) is 30.7 Å². The first-order chi connectivity index (χ1) is 9.97. The molecule has 0 bridgehead atoms. The van der Waals surface area contributed by atoms with Crippen LogP contribution in [-0.4, -0.2) is 34.7 Å². The molecule has 8 heteroatoms. The van der Waals surface area contributed by atoms with Crippen molar-refractivity contribution in [3.05, 3.63) is 27.7 Å². The van der Waals surface area contributed by atoms with Gasteiger partial charge in [0, 0.05) is 16.8 Å². The van der Waals surface area contributed by atoms with Gasteiger partial charge in [0.1, 0.15) is 0 Å². The van der Waals surface area contributed by atoms with Crippen LogP contribution in [0.15, 0.2) is 12.1 Å². The van der Waals surface area contributed by atoms with Gasteiger partial charge in [0.05, 0.1) is 16.3 Å². The molecule has 0 saturated carbocycles.